The van der Waals surface area contributed by atoms with E-state index in [1.165, 1.54) is 0 Å². The molecule has 0 saturated carbocycles. The highest BCUT2D eigenvalue weighted by Crippen LogP contribution is 2.38. The van der Waals surface area contributed by atoms with Crippen molar-refractivity contribution in [1.82, 2.24) is 25.1 Å². The molecule has 3 aliphatic rings. The monoisotopic (exact) mass is 373 g/mol. The van der Waals surface area contributed by atoms with Gasteiger partial charge in [0.2, 0.25) is 11.8 Å². The topological polar surface area (TPSA) is 81.3 Å². The fraction of sp³-hybridized carbons (Fsp3) is 0.750. The van der Waals surface area contributed by atoms with Crippen molar-refractivity contribution >= 4 is 11.8 Å². The second-order valence-corrected chi connectivity index (χ2v) is 8.72. The zero-order valence-electron chi connectivity index (χ0n) is 16.5. The number of nitrogens with zero attached hydrogens (tertiary/aromatic N) is 3. The second kappa shape index (κ2) is 7.26. The molecule has 7 nitrogen and oxygen atoms in total. The summed E-state index contributed by atoms with van der Waals surface area (Å²) >= 11 is 0. The molecular formula is C20H31N5O2. The molecule has 0 aliphatic carbocycles. The molecule has 2 amide bonds. The Balaban J connectivity index is 1.50. The highest BCUT2D eigenvalue weighted by molar-refractivity contribution is 5.83. The van der Waals surface area contributed by atoms with Crippen molar-refractivity contribution in [2.45, 2.75) is 64.0 Å². The Bertz CT molecular complexity index is 699. The number of carbonyl (C=O) groups is 2. The summed E-state index contributed by atoms with van der Waals surface area (Å²) in [7, 11) is 0. The largest absolute Gasteiger partial charge is 0.348 e. The first-order valence-electron chi connectivity index (χ1n) is 10.4. The van der Waals surface area contributed by atoms with Crippen molar-refractivity contribution in [3.63, 3.8) is 0 Å². The molecule has 2 N–H and O–H groups in total. The van der Waals surface area contributed by atoms with Crippen molar-refractivity contribution in [2.24, 2.45) is 5.92 Å². The quantitative estimate of drug-likeness (QED) is 0.839. The van der Waals surface area contributed by atoms with Crippen molar-refractivity contribution in [3.8, 4) is 0 Å². The number of hydrogen-bond acceptors (Lipinski definition) is 4. The Kier molecular flexibility index (Phi) is 4.97. The number of rotatable bonds is 3. The van der Waals surface area contributed by atoms with Gasteiger partial charge in [-0.05, 0) is 31.6 Å². The van der Waals surface area contributed by atoms with Gasteiger partial charge in [0.15, 0.2) is 0 Å². The highest BCUT2D eigenvalue weighted by Gasteiger charge is 2.47. The minimum atomic E-state index is -0.303. The van der Waals surface area contributed by atoms with Crippen molar-refractivity contribution in [2.75, 3.05) is 26.2 Å². The smallest absolute Gasteiger partial charge is 0.240 e. The van der Waals surface area contributed by atoms with E-state index in [0.717, 1.165) is 63.3 Å². The van der Waals surface area contributed by atoms with Crippen LogP contribution in [0.4, 0.5) is 0 Å². The van der Waals surface area contributed by atoms with E-state index in [9.17, 15) is 9.59 Å². The number of carbonyl (C=O) groups excluding carboxylic acids is 2. The fourth-order valence-electron chi connectivity index (χ4n) is 4.85. The van der Waals surface area contributed by atoms with Gasteiger partial charge in [0.1, 0.15) is 0 Å². The van der Waals surface area contributed by atoms with Crippen LogP contribution in [0.3, 0.4) is 0 Å². The average molecular weight is 374 g/mol. The molecule has 1 spiro atoms. The summed E-state index contributed by atoms with van der Waals surface area (Å²) in [6.07, 6.45) is 6.83. The number of fused-ring (bicyclic) bond motifs is 2. The molecule has 0 bridgehead atoms. The van der Waals surface area contributed by atoms with Gasteiger partial charge in [-0.2, -0.15) is 0 Å². The van der Waals surface area contributed by atoms with E-state index in [1.807, 2.05) is 9.80 Å². The van der Waals surface area contributed by atoms with Crippen LogP contribution >= 0.6 is 0 Å². The molecule has 2 saturated heterocycles. The number of piperidine rings is 1. The van der Waals surface area contributed by atoms with Crippen LogP contribution < -0.4 is 5.32 Å². The Morgan fingerprint density at radius 1 is 1.19 bits per heavy atom. The molecule has 27 heavy (non-hydrogen) atoms. The zero-order valence-corrected chi connectivity index (χ0v) is 16.5. The van der Waals surface area contributed by atoms with Crippen LogP contribution in [0.1, 0.15) is 57.3 Å². The summed E-state index contributed by atoms with van der Waals surface area (Å²) in [6, 6.07) is -0.200. The standard InChI is InChI=1S/C20H31N5O2/c1-14(2)11-17(26)24-9-5-20(6-10-24)18-15(21-13-22-18)12-16(23-20)19(27)25-7-3-4-8-25/h13-14,16,23H,3-12H2,1-2H3,(H,21,22)/t16-/m0/s1. The van der Waals surface area contributed by atoms with Gasteiger partial charge >= 0.3 is 0 Å². The van der Waals surface area contributed by atoms with E-state index in [1.54, 1.807) is 6.33 Å². The number of H-pyrrole nitrogens is 1. The van der Waals surface area contributed by atoms with Gasteiger partial charge in [-0.15, -0.1) is 0 Å². The average Bonchev–Trinajstić information content (AvgIpc) is 3.33. The summed E-state index contributed by atoms with van der Waals surface area (Å²) in [5, 5.41) is 3.68. The molecule has 1 aromatic rings. The molecule has 7 heteroatoms. The van der Waals surface area contributed by atoms with Crippen LogP contribution in [0.5, 0.6) is 0 Å². The van der Waals surface area contributed by atoms with Gasteiger partial charge in [0.25, 0.3) is 0 Å². The number of aromatic nitrogens is 2. The molecule has 0 unspecified atom stereocenters. The summed E-state index contributed by atoms with van der Waals surface area (Å²) in [5.41, 5.74) is 1.82. The van der Waals surface area contributed by atoms with Crippen LogP contribution in [0.25, 0.3) is 0 Å². The first kappa shape index (κ1) is 18.5. The number of imidazole rings is 1. The minimum Gasteiger partial charge on any atom is -0.348 e. The maximum atomic E-state index is 13.0. The summed E-state index contributed by atoms with van der Waals surface area (Å²) in [4.78, 5) is 37.3. The molecule has 0 aromatic carbocycles. The maximum Gasteiger partial charge on any atom is 0.240 e. The first-order chi connectivity index (χ1) is 13.0. The predicted molar refractivity (Wildman–Crippen MR) is 102 cm³/mol. The molecule has 0 radical (unpaired) electrons. The Morgan fingerprint density at radius 3 is 2.56 bits per heavy atom. The third-order valence-electron chi connectivity index (χ3n) is 6.30. The van der Waals surface area contributed by atoms with Crippen molar-refractivity contribution in [1.29, 1.82) is 0 Å². The summed E-state index contributed by atoms with van der Waals surface area (Å²) in [6.45, 7) is 7.34. The Morgan fingerprint density at radius 2 is 1.89 bits per heavy atom. The first-order valence-corrected chi connectivity index (χ1v) is 10.4. The van der Waals surface area contributed by atoms with E-state index in [2.05, 4.69) is 29.1 Å². The number of likely N-dealkylation sites (tertiary alicyclic amines) is 2. The van der Waals surface area contributed by atoms with Crippen LogP contribution in [0.2, 0.25) is 0 Å². The lowest BCUT2D eigenvalue weighted by atomic mass is 9.78. The van der Waals surface area contributed by atoms with Gasteiger partial charge in [-0.3, -0.25) is 14.9 Å². The van der Waals surface area contributed by atoms with Gasteiger partial charge in [-0.25, -0.2) is 4.98 Å². The van der Waals surface area contributed by atoms with E-state index >= 15 is 0 Å². The van der Waals surface area contributed by atoms with E-state index in [0.29, 0.717) is 18.8 Å². The number of aromatic amines is 1. The molecule has 1 atom stereocenters. The molecule has 148 valence electrons. The second-order valence-electron chi connectivity index (χ2n) is 8.72. The minimum absolute atomic E-state index is 0.200. The SMILES string of the molecule is CC(C)CC(=O)N1CCC2(CC1)N[C@H](C(=O)N1CCCC1)Cc1[nH]cnc12. The van der Waals surface area contributed by atoms with Gasteiger partial charge in [-0.1, -0.05) is 13.8 Å². The maximum absolute atomic E-state index is 13.0. The van der Waals surface area contributed by atoms with Gasteiger partial charge in [0, 0.05) is 44.7 Å². The Labute approximate surface area is 160 Å². The molecule has 3 aliphatic heterocycles. The molecule has 4 heterocycles. The van der Waals surface area contributed by atoms with Crippen LogP contribution in [0, 0.1) is 5.92 Å². The highest BCUT2D eigenvalue weighted by atomic mass is 16.2. The third kappa shape index (κ3) is 3.49. The van der Waals surface area contributed by atoms with E-state index in [-0.39, 0.29) is 23.4 Å². The lowest BCUT2D eigenvalue weighted by Crippen LogP contribution is -2.62. The summed E-state index contributed by atoms with van der Waals surface area (Å²) in [5.74, 6) is 0.828. The zero-order chi connectivity index (χ0) is 19.0. The molecule has 1 aromatic heterocycles. The Hall–Kier alpha value is -1.89. The van der Waals surface area contributed by atoms with Gasteiger partial charge < -0.3 is 14.8 Å². The van der Waals surface area contributed by atoms with Crippen LogP contribution in [0.15, 0.2) is 6.33 Å². The molecule has 2 fully saturated rings. The normalized spacial score (nSPS) is 24.5. The number of amides is 2. The third-order valence-corrected chi connectivity index (χ3v) is 6.30. The lowest BCUT2D eigenvalue weighted by molar-refractivity contribution is -0.136. The summed E-state index contributed by atoms with van der Waals surface area (Å²) < 4.78 is 0. The molecule has 4 rings (SSSR count). The molecular weight excluding hydrogens is 342 g/mol. The lowest BCUT2D eigenvalue weighted by Gasteiger charge is -2.46. The van der Waals surface area contributed by atoms with Crippen molar-refractivity contribution < 1.29 is 9.59 Å². The number of nitrogens with one attached hydrogen (secondary N) is 2. The van der Waals surface area contributed by atoms with Gasteiger partial charge in [0.05, 0.1) is 23.6 Å². The number of hydrogen-bond donors (Lipinski definition) is 2. The predicted octanol–water partition coefficient (Wildman–Crippen LogP) is 1.41. The van der Waals surface area contributed by atoms with Crippen LogP contribution in [-0.4, -0.2) is 63.8 Å². The fourth-order valence-corrected chi connectivity index (χ4v) is 4.85. The van der Waals surface area contributed by atoms with Crippen LogP contribution in [-0.2, 0) is 21.5 Å². The van der Waals surface area contributed by atoms with E-state index < -0.39 is 0 Å². The van der Waals surface area contributed by atoms with E-state index in [4.69, 9.17) is 0 Å². The van der Waals surface area contributed by atoms with Crippen molar-refractivity contribution in [3.05, 3.63) is 17.7 Å².